The molecule has 3 aliphatic heterocycles. The highest BCUT2D eigenvalue weighted by Gasteiger charge is 2.33. The fourth-order valence-corrected chi connectivity index (χ4v) is 10.7. The third-order valence-corrected chi connectivity index (χ3v) is 14.4. The van der Waals surface area contributed by atoms with E-state index in [-0.39, 0.29) is 42.9 Å². The van der Waals surface area contributed by atoms with E-state index in [9.17, 15) is 29.1 Å². The maximum atomic E-state index is 15.6. The molecule has 0 saturated carbocycles. The Labute approximate surface area is 411 Å². The van der Waals surface area contributed by atoms with Crippen LogP contribution in [0.1, 0.15) is 68.4 Å². The van der Waals surface area contributed by atoms with E-state index in [0.717, 1.165) is 26.9 Å². The number of benzene rings is 4. The van der Waals surface area contributed by atoms with Gasteiger partial charge in [-0.25, -0.2) is 19.2 Å². The Morgan fingerprint density at radius 2 is 1.75 bits per heavy atom. The molecule has 0 bridgehead atoms. The lowest BCUT2D eigenvalue weighted by atomic mass is 9.92. The second-order valence-corrected chi connectivity index (χ2v) is 19.1. The monoisotopic (exact) mass is 978 g/mol. The molecule has 19 heteroatoms. The molecule has 2 saturated heterocycles. The molecule has 2 atom stereocenters. The average Bonchev–Trinajstić information content (AvgIpc) is 3.93. The molecule has 364 valence electrons. The van der Waals surface area contributed by atoms with Gasteiger partial charge in [0.25, 0.3) is 5.91 Å². The number of aryl methyl sites for hydroxylation is 1. The molecule has 3 aromatic heterocycles. The summed E-state index contributed by atoms with van der Waals surface area (Å²) < 4.78 is 24.4. The summed E-state index contributed by atoms with van der Waals surface area (Å²) in [6.07, 6.45) is 0.456. The van der Waals surface area contributed by atoms with Crippen molar-refractivity contribution in [3.8, 4) is 16.9 Å². The Balaban J connectivity index is 0.728. The quantitative estimate of drug-likeness (QED) is 0.0498. The number of hydrogen-bond acceptors (Lipinski definition) is 13. The van der Waals surface area contributed by atoms with Crippen LogP contribution < -0.4 is 25.6 Å². The van der Waals surface area contributed by atoms with Crippen LogP contribution in [0.15, 0.2) is 91.0 Å². The van der Waals surface area contributed by atoms with E-state index in [4.69, 9.17) is 4.74 Å². The highest BCUT2D eigenvalue weighted by molar-refractivity contribution is 7.22. The summed E-state index contributed by atoms with van der Waals surface area (Å²) in [5.74, 6) is -2.01. The van der Waals surface area contributed by atoms with E-state index in [2.05, 4.69) is 31.0 Å². The maximum absolute atomic E-state index is 15.6. The first-order chi connectivity index (χ1) is 34.4. The van der Waals surface area contributed by atoms with Gasteiger partial charge in [-0.05, 0) is 90.9 Å². The summed E-state index contributed by atoms with van der Waals surface area (Å²) in [5, 5.41) is 24.5. The number of para-hydroxylation sites is 2. The Hall–Kier alpha value is -7.61. The van der Waals surface area contributed by atoms with E-state index in [1.165, 1.54) is 16.2 Å². The number of fused-ring (bicyclic) bond motifs is 3. The van der Waals surface area contributed by atoms with E-state index in [1.807, 2.05) is 83.5 Å². The number of pyridine rings is 1. The molecule has 2 fully saturated rings. The van der Waals surface area contributed by atoms with Crippen LogP contribution in [-0.2, 0) is 34.4 Å². The third-order valence-electron chi connectivity index (χ3n) is 13.5. The highest BCUT2D eigenvalue weighted by Crippen LogP contribution is 2.36. The van der Waals surface area contributed by atoms with Crippen molar-refractivity contribution in [3.05, 3.63) is 125 Å². The molecular formula is C52H51FN10O7S. The molecule has 7 aromatic rings. The first-order valence-corrected chi connectivity index (χ1v) is 24.4. The third kappa shape index (κ3) is 9.80. The molecule has 17 nitrogen and oxygen atoms in total. The average molecular weight is 979 g/mol. The van der Waals surface area contributed by atoms with E-state index in [1.54, 1.807) is 36.0 Å². The van der Waals surface area contributed by atoms with Gasteiger partial charge in [0.05, 0.1) is 46.2 Å². The van der Waals surface area contributed by atoms with Crippen molar-refractivity contribution in [2.45, 2.75) is 51.4 Å². The smallest absolute Gasteiger partial charge is 0.355 e. The Morgan fingerprint density at radius 1 is 0.915 bits per heavy atom. The number of amides is 4. The number of piperazine rings is 1. The molecular weight excluding hydrogens is 928 g/mol. The summed E-state index contributed by atoms with van der Waals surface area (Å²) in [4.78, 5) is 78.8. The van der Waals surface area contributed by atoms with Crippen LogP contribution in [0.4, 0.5) is 21.0 Å². The van der Waals surface area contributed by atoms with Crippen LogP contribution in [0.2, 0.25) is 0 Å². The molecule has 10 rings (SSSR count). The highest BCUT2D eigenvalue weighted by atomic mass is 32.1. The number of aromatic carboxylic acids is 1. The zero-order chi connectivity index (χ0) is 49.3. The van der Waals surface area contributed by atoms with Gasteiger partial charge in [0.15, 0.2) is 17.1 Å². The Bertz CT molecular complexity index is 3220. The summed E-state index contributed by atoms with van der Waals surface area (Å²) in [5.41, 5.74) is 6.69. The number of aromatic nitrogens is 4. The van der Waals surface area contributed by atoms with Crippen molar-refractivity contribution >= 4 is 78.7 Å². The fraction of sp³-hybridized carbons (Fsp3) is 0.308. The van der Waals surface area contributed by atoms with Gasteiger partial charge in [-0.1, -0.05) is 59.9 Å². The lowest BCUT2D eigenvalue weighted by Gasteiger charge is -2.37. The van der Waals surface area contributed by atoms with Crippen LogP contribution >= 0.6 is 11.3 Å². The van der Waals surface area contributed by atoms with Gasteiger partial charge < -0.3 is 20.1 Å². The number of carbonyl (C=O) groups is 5. The van der Waals surface area contributed by atoms with Crippen LogP contribution in [0.5, 0.6) is 5.75 Å². The lowest BCUT2D eigenvalue weighted by molar-refractivity contribution is -0.134. The largest absolute Gasteiger partial charge is 0.493 e. The topological polar surface area (TPSA) is 204 Å². The zero-order valence-electron chi connectivity index (χ0n) is 39.1. The first-order valence-electron chi connectivity index (χ1n) is 23.6. The number of carbonyl (C=O) groups excluding carboxylic acids is 4. The second-order valence-electron chi connectivity index (χ2n) is 18.0. The van der Waals surface area contributed by atoms with Crippen molar-refractivity contribution in [3.63, 3.8) is 0 Å². The fourth-order valence-electron chi connectivity index (χ4n) is 9.88. The maximum Gasteiger partial charge on any atom is 0.355 e. The Kier molecular flexibility index (Phi) is 13.3. The number of rotatable bonds is 14. The molecule has 71 heavy (non-hydrogen) atoms. The number of thiazole rings is 1. The molecule has 3 aliphatic rings. The van der Waals surface area contributed by atoms with Gasteiger partial charge in [-0.15, -0.1) is 0 Å². The number of halogens is 1. The van der Waals surface area contributed by atoms with Crippen LogP contribution in [0.25, 0.3) is 32.2 Å². The number of nitrogens with zero attached hydrogens (tertiary/aromatic N) is 7. The van der Waals surface area contributed by atoms with Crippen molar-refractivity contribution in [2.24, 2.45) is 7.05 Å². The number of ether oxygens (including phenoxy) is 1. The number of hydrogen-bond donors (Lipinski definition) is 4. The van der Waals surface area contributed by atoms with Crippen LogP contribution in [0, 0.1) is 6.92 Å². The number of carboxylic acid groups (broad SMARTS) is 1. The molecule has 0 radical (unpaired) electrons. The predicted molar refractivity (Wildman–Crippen MR) is 268 cm³/mol. The molecule has 6 heterocycles. The lowest BCUT2D eigenvalue weighted by Crippen LogP contribution is -2.53. The number of alkyl halides is 1. The minimum Gasteiger partial charge on any atom is -0.493 e. The van der Waals surface area contributed by atoms with E-state index >= 15 is 4.39 Å². The minimum atomic E-state index is -1.37. The number of carboxylic acids is 1. The molecule has 2 unspecified atom stereocenters. The standard InChI is InChI=1S/C52H51FN10O7S/c1-30-32(33-17-19-43(56-47(33)51(68)69)63-23-21-31-9-5-11-34(37(31)27-63)49(66)58-52-55-38-13-3-4-16-41(38)71-52)10-7-15-40(30)70-26-8-22-61-24-25-62(42(53)28-61)29-45(65)54-39-14-6-12-35-46(59-60(2)48(35)39)36-18-20-44(64)57-50(36)67/h3-7,9-17,19,36,42H,8,18,20-29H2,1-2H3,(H,54,65)(H,68,69)(H,55,58,66)(H,57,64,67). The summed E-state index contributed by atoms with van der Waals surface area (Å²) in [6.45, 7) is 4.63. The number of imide groups is 1. The summed E-state index contributed by atoms with van der Waals surface area (Å²) >= 11 is 1.41. The number of anilines is 3. The second kappa shape index (κ2) is 20.0. The van der Waals surface area contributed by atoms with Gasteiger partial charge >= 0.3 is 5.97 Å². The van der Waals surface area contributed by atoms with Crippen molar-refractivity contribution in [1.29, 1.82) is 0 Å². The van der Waals surface area contributed by atoms with Gasteiger partial charge in [0.1, 0.15) is 11.6 Å². The molecule has 4 amide bonds. The van der Waals surface area contributed by atoms with Crippen LogP contribution in [-0.4, -0.2) is 116 Å². The number of piperidine rings is 1. The van der Waals surface area contributed by atoms with Gasteiger partial charge in [0.2, 0.25) is 17.7 Å². The molecule has 4 aromatic carbocycles. The normalized spacial score (nSPS) is 17.5. The summed E-state index contributed by atoms with van der Waals surface area (Å²) in [7, 11) is 1.73. The predicted octanol–water partition coefficient (Wildman–Crippen LogP) is 6.91. The number of nitrogens with one attached hydrogen (secondary N) is 3. The van der Waals surface area contributed by atoms with Crippen molar-refractivity contribution in [2.75, 3.05) is 61.4 Å². The molecule has 0 aliphatic carbocycles. The van der Waals surface area contributed by atoms with Gasteiger partial charge in [0, 0.05) is 69.3 Å². The van der Waals surface area contributed by atoms with Gasteiger partial charge in [-0.2, -0.15) is 5.10 Å². The first kappa shape index (κ1) is 47.1. The zero-order valence-corrected chi connectivity index (χ0v) is 39.9. The summed E-state index contributed by atoms with van der Waals surface area (Å²) in [6, 6.07) is 27.8. The minimum absolute atomic E-state index is 0.0980. The van der Waals surface area contributed by atoms with Crippen molar-refractivity contribution < 1.29 is 38.2 Å². The van der Waals surface area contributed by atoms with Gasteiger partial charge in [-0.3, -0.25) is 44.3 Å². The Morgan fingerprint density at radius 3 is 2.56 bits per heavy atom. The van der Waals surface area contributed by atoms with E-state index < -0.39 is 24.1 Å². The SMILES string of the molecule is Cc1c(OCCCN2CCN(CC(=O)Nc3cccc4c(C5CCC(=O)NC5=O)nn(C)c34)C(F)C2)cccc1-c1ccc(N2CCc3cccc(C(=O)Nc4nc5ccccc5s4)c3C2)nc1C(=O)O. The van der Waals surface area contributed by atoms with E-state index in [0.29, 0.717) is 114 Å². The molecule has 4 N–H and O–H groups in total. The van der Waals surface area contributed by atoms with Crippen LogP contribution in [0.3, 0.4) is 0 Å². The van der Waals surface area contributed by atoms with Crippen molar-refractivity contribution in [1.82, 2.24) is 34.9 Å². The molecule has 0 spiro atoms.